The zero-order chi connectivity index (χ0) is 24.7. The third-order valence-corrected chi connectivity index (χ3v) is 6.02. The van der Waals surface area contributed by atoms with E-state index in [1.807, 2.05) is 0 Å². The molecule has 0 radical (unpaired) electrons. The number of carbonyl (C=O) groups excluding carboxylic acids is 1. The lowest BCUT2D eigenvalue weighted by Gasteiger charge is -2.19. The largest absolute Gasteiger partial charge is 0.417 e. The van der Waals surface area contributed by atoms with E-state index in [-0.39, 0.29) is 11.6 Å². The Morgan fingerprint density at radius 3 is 1.97 bits per heavy atom. The molecule has 0 fully saturated rings. The number of aryl methyl sites for hydroxylation is 2. The molecule has 0 unspecified atom stereocenters. The second-order valence-corrected chi connectivity index (χ2v) is 8.85. The highest BCUT2D eigenvalue weighted by Crippen LogP contribution is 2.36. The average molecular weight is 489 g/mol. The van der Waals surface area contributed by atoms with Crippen molar-refractivity contribution >= 4 is 23.3 Å². The van der Waals surface area contributed by atoms with Gasteiger partial charge < -0.3 is 10.6 Å². The second kappa shape index (κ2) is 11.4. The van der Waals surface area contributed by atoms with Crippen LogP contribution in [0.3, 0.4) is 0 Å². The summed E-state index contributed by atoms with van der Waals surface area (Å²) in [7, 11) is 0. The molecule has 0 aliphatic heterocycles. The summed E-state index contributed by atoms with van der Waals surface area (Å²) in [5.74, 6) is 0.255. The molecule has 3 aromatic carbocycles. The lowest BCUT2D eigenvalue weighted by Crippen LogP contribution is -2.29. The molecule has 2 N–H and O–H groups in total. The van der Waals surface area contributed by atoms with Crippen molar-refractivity contribution in [1.82, 2.24) is 5.32 Å². The number of carbonyl (C=O) groups is 1. The number of amides is 2. The molecule has 3 rings (SSSR count). The summed E-state index contributed by atoms with van der Waals surface area (Å²) in [5, 5.41) is 4.74. The summed E-state index contributed by atoms with van der Waals surface area (Å²) in [5.41, 5.74) is 3.99. The van der Waals surface area contributed by atoms with Crippen LogP contribution in [-0.2, 0) is 6.18 Å². The van der Waals surface area contributed by atoms with Crippen LogP contribution in [0.25, 0.3) is 0 Å². The summed E-state index contributed by atoms with van der Waals surface area (Å²) in [6, 6.07) is 19.8. The van der Waals surface area contributed by atoms with Crippen molar-refractivity contribution in [3.63, 3.8) is 0 Å². The summed E-state index contributed by atoms with van der Waals surface area (Å²) < 4.78 is 39.0. The minimum Gasteiger partial charge on any atom is -0.338 e. The van der Waals surface area contributed by atoms with Gasteiger partial charge in [-0.1, -0.05) is 77.7 Å². The molecule has 0 bridgehead atoms. The predicted octanol–water partition coefficient (Wildman–Crippen LogP) is 8.10. The number of unbranched alkanes of at least 4 members (excludes halogenated alkanes) is 1. The quantitative estimate of drug-likeness (QED) is 0.309. The maximum atomic E-state index is 13.0. The molecule has 3 nitrogen and oxygen atoms in total. The molecule has 3 aromatic rings. The molecule has 0 aliphatic rings. The molecule has 0 saturated heterocycles. The Kier molecular flexibility index (Phi) is 8.61. The Morgan fingerprint density at radius 2 is 1.44 bits per heavy atom. The van der Waals surface area contributed by atoms with Gasteiger partial charge in [-0.25, -0.2) is 4.79 Å². The van der Waals surface area contributed by atoms with E-state index in [0.717, 1.165) is 31.4 Å². The lowest BCUT2D eigenvalue weighted by atomic mass is 9.86. The first kappa shape index (κ1) is 25.6. The number of hydrogen-bond donors (Lipinski definition) is 2. The van der Waals surface area contributed by atoms with E-state index in [9.17, 15) is 18.0 Å². The molecule has 2 amide bonds. The number of benzene rings is 3. The van der Waals surface area contributed by atoms with Crippen LogP contribution in [0.15, 0.2) is 66.7 Å². The van der Waals surface area contributed by atoms with Crippen LogP contribution in [0.4, 0.5) is 23.7 Å². The Balaban J connectivity index is 1.52. The number of urea groups is 1. The van der Waals surface area contributed by atoms with Gasteiger partial charge in [0.25, 0.3) is 0 Å². The Morgan fingerprint density at radius 1 is 0.882 bits per heavy atom. The Labute approximate surface area is 203 Å². The van der Waals surface area contributed by atoms with Crippen molar-refractivity contribution in [3.05, 3.63) is 99.6 Å². The van der Waals surface area contributed by atoms with Crippen molar-refractivity contribution in [1.29, 1.82) is 0 Å². The van der Waals surface area contributed by atoms with Crippen molar-refractivity contribution in [2.24, 2.45) is 0 Å². The fraction of sp³-hybridized carbons (Fsp3) is 0.296. The average Bonchev–Trinajstić information content (AvgIpc) is 2.78. The molecule has 0 spiro atoms. The van der Waals surface area contributed by atoms with Gasteiger partial charge in [-0.15, -0.1) is 0 Å². The number of alkyl halides is 3. The number of halogens is 4. The van der Waals surface area contributed by atoms with Crippen molar-refractivity contribution in [2.75, 3.05) is 11.9 Å². The topological polar surface area (TPSA) is 41.1 Å². The summed E-state index contributed by atoms with van der Waals surface area (Å²) >= 11 is 5.62. The summed E-state index contributed by atoms with van der Waals surface area (Å²) in [6.45, 7) is 4.55. The maximum absolute atomic E-state index is 13.0. The van der Waals surface area contributed by atoms with Crippen LogP contribution in [-0.4, -0.2) is 12.6 Å². The van der Waals surface area contributed by atoms with Crippen molar-refractivity contribution in [3.8, 4) is 0 Å². The summed E-state index contributed by atoms with van der Waals surface area (Å²) in [6.07, 6.45) is -2.04. The zero-order valence-corrected chi connectivity index (χ0v) is 19.9. The summed E-state index contributed by atoms with van der Waals surface area (Å²) in [4.78, 5) is 12.1. The van der Waals surface area contributed by atoms with E-state index in [4.69, 9.17) is 11.6 Å². The Hall–Kier alpha value is -2.99. The molecule has 0 saturated carbocycles. The standard InChI is InChI=1S/C27H28ClF3N2O/c1-18-6-10-20(11-7-18)23(21-12-8-19(2)9-13-21)5-3-4-16-32-26(34)33-22-14-15-25(28)24(17-22)27(29,30)31/h6-15,17,23H,3-5,16H2,1-2H3,(H2,32,33,34). The van der Waals surface area contributed by atoms with Gasteiger partial charge in [0.1, 0.15) is 0 Å². The Bertz CT molecular complexity index is 1050. The zero-order valence-electron chi connectivity index (χ0n) is 19.2. The van der Waals surface area contributed by atoms with Crippen LogP contribution >= 0.6 is 11.6 Å². The highest BCUT2D eigenvalue weighted by molar-refractivity contribution is 6.31. The van der Waals surface area contributed by atoms with Gasteiger partial charge in [-0.05, 0) is 56.0 Å². The van der Waals surface area contributed by atoms with Crippen LogP contribution in [0.1, 0.15) is 53.0 Å². The van der Waals surface area contributed by atoms with E-state index in [2.05, 4.69) is 73.0 Å². The maximum Gasteiger partial charge on any atom is 0.417 e. The fourth-order valence-electron chi connectivity index (χ4n) is 3.79. The molecular formula is C27H28ClF3N2O. The SMILES string of the molecule is Cc1ccc(C(CCCCNC(=O)Nc2ccc(Cl)c(C(F)(F)F)c2)c2ccc(C)cc2)cc1. The third kappa shape index (κ3) is 7.26. The van der Waals surface area contributed by atoms with Gasteiger partial charge in [-0.3, -0.25) is 0 Å². The van der Waals surface area contributed by atoms with Crippen LogP contribution in [0, 0.1) is 13.8 Å². The van der Waals surface area contributed by atoms with E-state index in [0.29, 0.717) is 6.54 Å². The second-order valence-electron chi connectivity index (χ2n) is 8.44. The lowest BCUT2D eigenvalue weighted by molar-refractivity contribution is -0.137. The van der Waals surface area contributed by atoms with Gasteiger partial charge in [0, 0.05) is 18.2 Å². The number of hydrogen-bond acceptors (Lipinski definition) is 1. The normalized spacial score (nSPS) is 11.5. The first-order valence-electron chi connectivity index (χ1n) is 11.2. The molecule has 0 atom stereocenters. The number of nitrogens with one attached hydrogen (secondary N) is 2. The van der Waals surface area contributed by atoms with Gasteiger partial charge in [0.05, 0.1) is 10.6 Å². The molecule has 34 heavy (non-hydrogen) atoms. The van der Waals surface area contributed by atoms with E-state index < -0.39 is 22.8 Å². The van der Waals surface area contributed by atoms with Crippen molar-refractivity contribution in [2.45, 2.75) is 45.2 Å². The molecular weight excluding hydrogens is 461 g/mol. The van der Waals surface area contributed by atoms with E-state index >= 15 is 0 Å². The monoisotopic (exact) mass is 488 g/mol. The van der Waals surface area contributed by atoms with E-state index in [1.54, 1.807) is 0 Å². The van der Waals surface area contributed by atoms with Crippen molar-refractivity contribution < 1.29 is 18.0 Å². The number of anilines is 1. The van der Waals surface area contributed by atoms with Crippen LogP contribution < -0.4 is 10.6 Å². The van der Waals surface area contributed by atoms with Gasteiger partial charge in [-0.2, -0.15) is 13.2 Å². The minimum absolute atomic E-state index is 0.0352. The minimum atomic E-state index is -4.59. The third-order valence-electron chi connectivity index (χ3n) is 5.69. The molecule has 7 heteroatoms. The van der Waals surface area contributed by atoms with Gasteiger partial charge in [0.15, 0.2) is 0 Å². The number of rotatable bonds is 8. The van der Waals surface area contributed by atoms with Gasteiger partial charge >= 0.3 is 12.2 Å². The molecule has 0 aliphatic carbocycles. The first-order chi connectivity index (χ1) is 16.1. The molecule has 0 heterocycles. The smallest absolute Gasteiger partial charge is 0.338 e. The highest BCUT2D eigenvalue weighted by Gasteiger charge is 2.33. The highest BCUT2D eigenvalue weighted by atomic mass is 35.5. The van der Waals surface area contributed by atoms with E-state index in [1.165, 1.54) is 28.3 Å². The fourth-order valence-corrected chi connectivity index (χ4v) is 4.02. The molecule has 0 aromatic heterocycles. The van der Waals surface area contributed by atoms with Crippen LogP contribution in [0.2, 0.25) is 5.02 Å². The predicted molar refractivity (Wildman–Crippen MR) is 132 cm³/mol. The molecule has 180 valence electrons. The first-order valence-corrected chi connectivity index (χ1v) is 11.6. The van der Waals surface area contributed by atoms with Gasteiger partial charge in [0.2, 0.25) is 0 Å². The van der Waals surface area contributed by atoms with Crippen LogP contribution in [0.5, 0.6) is 0 Å².